The fourth-order valence-electron chi connectivity index (χ4n) is 2.82. The Balaban J connectivity index is 3.22. The number of aromatic carboxylic acids is 4. The average Bonchev–Trinajstić information content (AvgIpc) is 2.57. The van der Waals surface area contributed by atoms with Gasteiger partial charge in [-0.2, -0.15) is 0 Å². The van der Waals surface area contributed by atoms with E-state index in [1.165, 1.54) is 0 Å². The maximum absolute atomic E-state index is 11.5. The van der Waals surface area contributed by atoms with Gasteiger partial charge in [0.1, 0.15) is 0 Å². The lowest BCUT2D eigenvalue weighted by Crippen LogP contribution is -2.17. The molecule has 0 atom stereocenters. The lowest BCUT2D eigenvalue weighted by Gasteiger charge is -2.17. The first-order chi connectivity index (χ1) is 12.1. The van der Waals surface area contributed by atoms with Crippen molar-refractivity contribution in [2.45, 2.75) is 13.2 Å². The average molecular weight is 364 g/mol. The van der Waals surface area contributed by atoms with E-state index in [9.17, 15) is 49.8 Å². The summed E-state index contributed by atoms with van der Waals surface area (Å²) in [5.74, 6) is -6.64. The van der Waals surface area contributed by atoms with Gasteiger partial charge in [-0.15, -0.1) is 0 Å². The van der Waals surface area contributed by atoms with Crippen molar-refractivity contribution in [2.24, 2.45) is 0 Å². The molecular weight excluding hydrogens is 352 g/mol. The summed E-state index contributed by atoms with van der Waals surface area (Å²) >= 11 is 0. The van der Waals surface area contributed by atoms with Crippen molar-refractivity contribution in [3.8, 4) is 0 Å². The molecule has 10 nitrogen and oxygen atoms in total. The van der Waals surface area contributed by atoms with Gasteiger partial charge in [-0.1, -0.05) is 0 Å². The number of carbonyl (C=O) groups is 4. The second kappa shape index (κ2) is 6.78. The molecule has 0 spiro atoms. The minimum Gasteiger partial charge on any atom is -0.478 e. The van der Waals surface area contributed by atoms with Crippen LogP contribution < -0.4 is 0 Å². The lowest BCUT2D eigenvalue weighted by molar-refractivity contribution is 0.0646. The minimum atomic E-state index is -1.71. The van der Waals surface area contributed by atoms with Gasteiger partial charge in [-0.3, -0.25) is 0 Å². The van der Waals surface area contributed by atoms with Gasteiger partial charge in [0.05, 0.1) is 35.5 Å². The Labute approximate surface area is 144 Å². The van der Waals surface area contributed by atoms with E-state index in [2.05, 4.69) is 0 Å². The highest BCUT2D eigenvalue weighted by Crippen LogP contribution is 2.34. The Morgan fingerprint density at radius 3 is 1.12 bits per heavy atom. The summed E-state index contributed by atoms with van der Waals surface area (Å²) in [7, 11) is 0. The summed E-state index contributed by atoms with van der Waals surface area (Å²) in [6.45, 7) is -1.90. The van der Waals surface area contributed by atoms with E-state index >= 15 is 0 Å². The summed E-state index contributed by atoms with van der Waals surface area (Å²) in [5, 5.41) is 55.9. The molecule has 0 radical (unpaired) electrons. The molecule has 0 saturated carbocycles. The molecule has 2 aromatic rings. The zero-order valence-electron chi connectivity index (χ0n) is 12.9. The molecule has 0 heterocycles. The molecule has 2 rings (SSSR count). The van der Waals surface area contributed by atoms with Gasteiger partial charge in [0.25, 0.3) is 0 Å². The molecule has 136 valence electrons. The largest absolute Gasteiger partial charge is 0.478 e. The van der Waals surface area contributed by atoms with Crippen molar-refractivity contribution < 1.29 is 49.8 Å². The van der Waals surface area contributed by atoms with Crippen LogP contribution >= 0.6 is 0 Å². The number of fused-ring (bicyclic) bond motifs is 1. The van der Waals surface area contributed by atoms with Crippen LogP contribution in [0.25, 0.3) is 10.8 Å². The highest BCUT2D eigenvalue weighted by atomic mass is 16.4. The van der Waals surface area contributed by atoms with E-state index < -0.39 is 70.5 Å². The molecule has 26 heavy (non-hydrogen) atoms. The highest BCUT2D eigenvalue weighted by molar-refractivity contribution is 6.13. The third-order valence-electron chi connectivity index (χ3n) is 3.87. The molecule has 0 aliphatic carbocycles. The maximum atomic E-state index is 11.5. The van der Waals surface area contributed by atoms with E-state index in [4.69, 9.17) is 0 Å². The van der Waals surface area contributed by atoms with Gasteiger partial charge in [-0.25, -0.2) is 19.2 Å². The molecule has 0 fully saturated rings. The van der Waals surface area contributed by atoms with Gasteiger partial charge in [0.2, 0.25) is 0 Å². The molecule has 0 aliphatic rings. The van der Waals surface area contributed by atoms with Crippen LogP contribution in [-0.4, -0.2) is 54.5 Å². The Morgan fingerprint density at radius 2 is 0.923 bits per heavy atom. The molecule has 0 amide bonds. The first-order valence-corrected chi connectivity index (χ1v) is 6.96. The van der Waals surface area contributed by atoms with Crippen LogP contribution in [0.5, 0.6) is 0 Å². The van der Waals surface area contributed by atoms with Crippen molar-refractivity contribution in [1.29, 1.82) is 0 Å². The third-order valence-corrected chi connectivity index (χ3v) is 3.87. The second-order valence-electron chi connectivity index (χ2n) is 5.19. The Kier molecular flexibility index (Phi) is 4.91. The summed E-state index contributed by atoms with van der Waals surface area (Å²) in [4.78, 5) is 45.8. The maximum Gasteiger partial charge on any atom is 0.336 e. The Morgan fingerprint density at radius 1 is 0.615 bits per heavy atom. The highest BCUT2D eigenvalue weighted by Gasteiger charge is 2.29. The van der Waals surface area contributed by atoms with Crippen molar-refractivity contribution >= 4 is 34.6 Å². The van der Waals surface area contributed by atoms with Crippen molar-refractivity contribution in [2.75, 3.05) is 0 Å². The molecule has 2 aromatic carbocycles. The molecule has 0 unspecified atom stereocenters. The van der Waals surface area contributed by atoms with Crippen LogP contribution in [-0.2, 0) is 13.2 Å². The summed E-state index contributed by atoms with van der Waals surface area (Å²) in [6, 6.07) is 1.67. The fraction of sp³-hybridized carbons (Fsp3) is 0.125. The van der Waals surface area contributed by atoms with E-state index in [1.807, 2.05) is 0 Å². The first-order valence-electron chi connectivity index (χ1n) is 6.96. The number of hydrogen-bond donors (Lipinski definition) is 6. The van der Waals surface area contributed by atoms with Crippen LogP contribution in [0.4, 0.5) is 0 Å². The summed E-state index contributed by atoms with van der Waals surface area (Å²) in [6.07, 6.45) is 0. The lowest BCUT2D eigenvalue weighted by atomic mass is 9.87. The van der Waals surface area contributed by atoms with Crippen LogP contribution in [0.2, 0.25) is 0 Å². The van der Waals surface area contributed by atoms with Crippen LogP contribution in [0.1, 0.15) is 52.6 Å². The number of aliphatic hydroxyl groups excluding tert-OH is 2. The van der Waals surface area contributed by atoms with Crippen LogP contribution in [0.3, 0.4) is 0 Å². The first kappa shape index (κ1) is 18.8. The van der Waals surface area contributed by atoms with Crippen molar-refractivity contribution in [1.82, 2.24) is 0 Å². The van der Waals surface area contributed by atoms with Gasteiger partial charge in [0, 0.05) is 11.1 Å². The number of benzene rings is 2. The number of aliphatic hydroxyl groups is 2. The van der Waals surface area contributed by atoms with Crippen LogP contribution in [0, 0.1) is 0 Å². The predicted octanol–water partition coefficient (Wildman–Crippen LogP) is 0.617. The van der Waals surface area contributed by atoms with Gasteiger partial charge in [0.15, 0.2) is 0 Å². The molecule has 0 aliphatic heterocycles. The molecular formula is C16H12O10. The van der Waals surface area contributed by atoms with Gasteiger partial charge >= 0.3 is 23.9 Å². The normalized spacial score (nSPS) is 10.7. The Hall–Kier alpha value is -3.50. The van der Waals surface area contributed by atoms with E-state index in [0.717, 1.165) is 12.1 Å². The van der Waals surface area contributed by atoms with Crippen LogP contribution in [0.15, 0.2) is 12.1 Å². The predicted molar refractivity (Wildman–Crippen MR) is 83.6 cm³/mol. The summed E-state index contributed by atoms with van der Waals surface area (Å²) < 4.78 is 0. The number of hydrogen-bond acceptors (Lipinski definition) is 6. The van der Waals surface area contributed by atoms with Crippen molar-refractivity contribution in [3.63, 3.8) is 0 Å². The monoisotopic (exact) mass is 364 g/mol. The quantitative estimate of drug-likeness (QED) is 0.423. The molecule has 10 heteroatoms. The zero-order chi connectivity index (χ0) is 19.8. The SMILES string of the molecule is O=C(O)c1cc2c(CO)c(C(=O)O)c(C(=O)O)c(CO)c2cc1C(=O)O. The zero-order valence-corrected chi connectivity index (χ0v) is 12.9. The van der Waals surface area contributed by atoms with Gasteiger partial charge in [-0.05, 0) is 22.9 Å². The third kappa shape index (κ3) is 2.83. The Bertz CT molecular complexity index is 895. The molecule has 0 bridgehead atoms. The fourth-order valence-corrected chi connectivity index (χ4v) is 2.82. The summed E-state index contributed by atoms with van der Waals surface area (Å²) in [5.41, 5.74) is -3.78. The van der Waals surface area contributed by atoms with E-state index in [0.29, 0.717) is 0 Å². The topological polar surface area (TPSA) is 190 Å². The second-order valence-corrected chi connectivity index (χ2v) is 5.19. The standard InChI is InChI=1S/C16H12O10/c17-3-9-5-1-7(13(19)20)8(14(21)22)2-6(5)10(4-18)12(16(25)26)11(9)15(23)24/h1-2,17-18H,3-4H2,(H,19,20)(H,21,22)(H,23,24)(H,25,26). The molecule has 0 saturated heterocycles. The number of rotatable bonds is 6. The smallest absolute Gasteiger partial charge is 0.336 e. The molecule has 0 aromatic heterocycles. The number of carboxylic acid groups (broad SMARTS) is 4. The van der Waals surface area contributed by atoms with E-state index in [1.54, 1.807) is 0 Å². The molecule has 6 N–H and O–H groups in total. The minimum absolute atomic E-state index is 0.179. The van der Waals surface area contributed by atoms with E-state index in [-0.39, 0.29) is 10.8 Å². The van der Waals surface area contributed by atoms with Crippen molar-refractivity contribution in [3.05, 3.63) is 45.5 Å². The number of carboxylic acids is 4. The van der Waals surface area contributed by atoms with Gasteiger partial charge < -0.3 is 30.6 Å².